The van der Waals surface area contributed by atoms with Gasteiger partial charge in [-0.15, -0.1) is 0 Å². The molecule has 88 valence electrons. The fourth-order valence-electron chi connectivity index (χ4n) is 1.95. The predicted molar refractivity (Wildman–Crippen MR) is 65.4 cm³/mol. The quantitative estimate of drug-likeness (QED) is 0.743. The van der Waals surface area contributed by atoms with Gasteiger partial charge in [-0.1, -0.05) is 6.07 Å². The van der Waals surface area contributed by atoms with Gasteiger partial charge in [0.2, 0.25) is 0 Å². The zero-order valence-electron chi connectivity index (χ0n) is 9.32. The molecule has 0 amide bonds. The third-order valence-corrected chi connectivity index (χ3v) is 2.71. The minimum Gasteiger partial charge on any atom is -0.476 e. The lowest BCUT2D eigenvalue weighted by molar-refractivity contribution is 0.0691. The number of carbonyl (C=O) groups is 1. The van der Waals surface area contributed by atoms with E-state index in [0.29, 0.717) is 5.56 Å². The number of rotatable bonds is 2. The number of nitrogens with zero attached hydrogens (tertiary/aromatic N) is 3. The normalized spacial score (nSPS) is 10.7. The van der Waals surface area contributed by atoms with E-state index in [-0.39, 0.29) is 5.69 Å². The highest BCUT2D eigenvalue weighted by Gasteiger charge is 2.14. The van der Waals surface area contributed by atoms with Gasteiger partial charge in [-0.05, 0) is 24.3 Å². The van der Waals surface area contributed by atoms with Gasteiger partial charge < -0.3 is 5.11 Å². The maximum atomic E-state index is 11.2. The van der Waals surface area contributed by atoms with Crippen molar-refractivity contribution in [1.29, 1.82) is 0 Å². The molecule has 0 aromatic carbocycles. The number of hydrogen-bond donors (Lipinski definition) is 1. The molecule has 0 saturated heterocycles. The fourth-order valence-corrected chi connectivity index (χ4v) is 1.95. The molecule has 1 N–H and O–H groups in total. The summed E-state index contributed by atoms with van der Waals surface area (Å²) in [6.07, 6.45) is 4.94. The van der Waals surface area contributed by atoms with Crippen molar-refractivity contribution in [2.24, 2.45) is 0 Å². The standard InChI is InChI=1S/C13H9N3O2/c17-13(18)12-9(3-2-6-15-12)10-4-1-5-11-14-7-8-16(10)11/h1-8H,(H,17,18). The summed E-state index contributed by atoms with van der Waals surface area (Å²) < 4.78 is 1.84. The van der Waals surface area contributed by atoms with E-state index in [9.17, 15) is 4.79 Å². The van der Waals surface area contributed by atoms with Crippen LogP contribution in [-0.2, 0) is 0 Å². The van der Waals surface area contributed by atoms with Gasteiger partial charge in [-0.2, -0.15) is 0 Å². The van der Waals surface area contributed by atoms with E-state index >= 15 is 0 Å². The molecule has 18 heavy (non-hydrogen) atoms. The molecule has 5 nitrogen and oxygen atoms in total. The van der Waals surface area contributed by atoms with E-state index in [1.807, 2.05) is 22.6 Å². The zero-order chi connectivity index (χ0) is 12.5. The van der Waals surface area contributed by atoms with E-state index in [4.69, 9.17) is 5.11 Å². The second-order valence-electron chi connectivity index (χ2n) is 3.77. The SMILES string of the molecule is O=C(O)c1ncccc1-c1cccc2nccn12. The van der Waals surface area contributed by atoms with Gasteiger partial charge in [-0.3, -0.25) is 4.40 Å². The van der Waals surface area contributed by atoms with Crippen LogP contribution >= 0.6 is 0 Å². The second kappa shape index (κ2) is 3.96. The third-order valence-electron chi connectivity index (χ3n) is 2.71. The van der Waals surface area contributed by atoms with Crippen molar-refractivity contribution >= 4 is 11.6 Å². The molecule has 3 heterocycles. The van der Waals surface area contributed by atoms with E-state index in [2.05, 4.69) is 9.97 Å². The van der Waals surface area contributed by atoms with Crippen LogP contribution in [0.25, 0.3) is 16.9 Å². The predicted octanol–water partition coefficient (Wildman–Crippen LogP) is 2.09. The van der Waals surface area contributed by atoms with Crippen LogP contribution in [0.4, 0.5) is 0 Å². The van der Waals surface area contributed by atoms with Gasteiger partial charge in [0.1, 0.15) is 5.65 Å². The van der Waals surface area contributed by atoms with Crippen LogP contribution in [0.2, 0.25) is 0 Å². The number of fused-ring (bicyclic) bond motifs is 1. The van der Waals surface area contributed by atoms with Crippen LogP contribution < -0.4 is 0 Å². The van der Waals surface area contributed by atoms with Gasteiger partial charge in [0.15, 0.2) is 5.69 Å². The molecule has 0 atom stereocenters. The molecule has 0 aliphatic rings. The monoisotopic (exact) mass is 239 g/mol. The van der Waals surface area contributed by atoms with Gasteiger partial charge in [0.05, 0.1) is 5.69 Å². The number of aromatic carboxylic acids is 1. The average molecular weight is 239 g/mol. The van der Waals surface area contributed by atoms with E-state index in [0.717, 1.165) is 11.3 Å². The number of aromatic nitrogens is 3. The first-order chi connectivity index (χ1) is 8.77. The van der Waals surface area contributed by atoms with E-state index < -0.39 is 5.97 Å². The first-order valence-electron chi connectivity index (χ1n) is 5.38. The first-order valence-corrected chi connectivity index (χ1v) is 5.38. The molecule has 0 aliphatic carbocycles. The lowest BCUT2D eigenvalue weighted by Gasteiger charge is -2.07. The van der Waals surface area contributed by atoms with Crippen molar-refractivity contribution in [3.63, 3.8) is 0 Å². The highest BCUT2D eigenvalue weighted by molar-refractivity contribution is 5.93. The fraction of sp³-hybridized carbons (Fsp3) is 0. The molecule has 3 aromatic heterocycles. The van der Waals surface area contributed by atoms with Crippen molar-refractivity contribution in [2.75, 3.05) is 0 Å². The van der Waals surface area contributed by atoms with Gasteiger partial charge in [0, 0.05) is 24.2 Å². The Hall–Kier alpha value is -2.69. The molecule has 3 aromatic rings. The highest BCUT2D eigenvalue weighted by atomic mass is 16.4. The van der Waals surface area contributed by atoms with Crippen molar-refractivity contribution in [3.05, 3.63) is 54.6 Å². The number of carboxylic acid groups (broad SMARTS) is 1. The van der Waals surface area contributed by atoms with Crippen LogP contribution in [0.15, 0.2) is 48.9 Å². The second-order valence-corrected chi connectivity index (χ2v) is 3.77. The summed E-state index contributed by atoms with van der Waals surface area (Å²) in [5, 5.41) is 9.16. The van der Waals surface area contributed by atoms with Crippen molar-refractivity contribution < 1.29 is 9.90 Å². The molecule has 0 spiro atoms. The molecule has 0 unspecified atom stereocenters. The Labute approximate surface area is 102 Å². The van der Waals surface area contributed by atoms with Gasteiger partial charge >= 0.3 is 5.97 Å². The Morgan fingerprint density at radius 1 is 1.11 bits per heavy atom. The lowest BCUT2D eigenvalue weighted by atomic mass is 10.1. The van der Waals surface area contributed by atoms with Crippen LogP contribution in [-0.4, -0.2) is 25.4 Å². The first kappa shape index (κ1) is 10.5. The van der Waals surface area contributed by atoms with Crippen molar-refractivity contribution in [2.45, 2.75) is 0 Å². The average Bonchev–Trinajstić information content (AvgIpc) is 2.86. The molecule has 3 rings (SSSR count). The number of imidazole rings is 1. The van der Waals surface area contributed by atoms with Crippen LogP contribution in [0.1, 0.15) is 10.5 Å². The number of carboxylic acids is 1. The van der Waals surface area contributed by atoms with Gasteiger partial charge in [0.25, 0.3) is 0 Å². The molecule has 0 radical (unpaired) electrons. The number of hydrogen-bond acceptors (Lipinski definition) is 3. The molecule has 0 saturated carbocycles. The summed E-state index contributed by atoms with van der Waals surface area (Å²) in [6.45, 7) is 0. The molecule has 0 bridgehead atoms. The summed E-state index contributed by atoms with van der Waals surface area (Å²) in [5.74, 6) is -1.04. The minimum atomic E-state index is -1.04. The Morgan fingerprint density at radius 2 is 2.00 bits per heavy atom. The molecule has 0 fully saturated rings. The van der Waals surface area contributed by atoms with E-state index in [1.165, 1.54) is 6.20 Å². The summed E-state index contributed by atoms with van der Waals surface area (Å²) in [6, 6.07) is 9.01. The van der Waals surface area contributed by atoms with Gasteiger partial charge in [-0.25, -0.2) is 14.8 Å². The molecule has 5 heteroatoms. The summed E-state index contributed by atoms with van der Waals surface area (Å²) in [7, 11) is 0. The van der Waals surface area contributed by atoms with Crippen LogP contribution in [0.5, 0.6) is 0 Å². The van der Waals surface area contributed by atoms with Crippen molar-refractivity contribution in [1.82, 2.24) is 14.4 Å². The topological polar surface area (TPSA) is 67.5 Å². The summed E-state index contributed by atoms with van der Waals surface area (Å²) in [5.41, 5.74) is 2.15. The van der Waals surface area contributed by atoms with E-state index in [1.54, 1.807) is 24.5 Å². The third kappa shape index (κ3) is 1.53. The highest BCUT2D eigenvalue weighted by Crippen LogP contribution is 2.23. The molecule has 0 aliphatic heterocycles. The maximum absolute atomic E-state index is 11.2. The number of pyridine rings is 2. The molecular formula is C13H9N3O2. The minimum absolute atomic E-state index is 0.0405. The van der Waals surface area contributed by atoms with Crippen LogP contribution in [0, 0.1) is 0 Å². The Balaban J connectivity index is 2.33. The smallest absolute Gasteiger partial charge is 0.355 e. The lowest BCUT2D eigenvalue weighted by Crippen LogP contribution is -2.04. The largest absolute Gasteiger partial charge is 0.476 e. The maximum Gasteiger partial charge on any atom is 0.355 e. The Kier molecular flexibility index (Phi) is 2.30. The Bertz CT molecular complexity index is 734. The zero-order valence-corrected chi connectivity index (χ0v) is 9.32. The van der Waals surface area contributed by atoms with Crippen molar-refractivity contribution in [3.8, 4) is 11.3 Å². The van der Waals surface area contributed by atoms with Crippen LogP contribution in [0.3, 0.4) is 0 Å². The Morgan fingerprint density at radius 3 is 2.83 bits per heavy atom. The molecular weight excluding hydrogens is 230 g/mol. The summed E-state index contributed by atoms with van der Waals surface area (Å²) in [4.78, 5) is 19.3. The summed E-state index contributed by atoms with van der Waals surface area (Å²) >= 11 is 0.